The lowest BCUT2D eigenvalue weighted by molar-refractivity contribution is 0.282. The number of fused-ring (bicyclic) bond motifs is 5. The highest BCUT2D eigenvalue weighted by atomic mass is 35.5. The summed E-state index contributed by atoms with van der Waals surface area (Å²) in [7, 11) is 2.07. The molecule has 0 aliphatic heterocycles. The molecule has 0 saturated carbocycles. The van der Waals surface area contributed by atoms with Gasteiger partial charge in [0.05, 0.1) is 12.1 Å². The molecule has 0 aliphatic carbocycles. The standard InChI is InChI=1S/C22H17ClN2O/c1-25-20-8-13(12-26)6-7-15(20)22-18-11-24-10-17(18)16(9-21(22)25)14-4-2-3-5-19(14)23/h2-11,24,26H,12H2,1H3. The number of rotatable bonds is 2. The Hall–Kier alpha value is -2.75. The van der Waals surface area contributed by atoms with Gasteiger partial charge in [0.25, 0.3) is 0 Å². The van der Waals surface area contributed by atoms with E-state index in [-0.39, 0.29) is 6.61 Å². The highest BCUT2D eigenvalue weighted by Gasteiger charge is 2.17. The normalized spacial score (nSPS) is 11.8. The van der Waals surface area contributed by atoms with Crippen molar-refractivity contribution in [2.75, 3.05) is 0 Å². The van der Waals surface area contributed by atoms with Crippen molar-refractivity contribution in [2.45, 2.75) is 6.61 Å². The van der Waals surface area contributed by atoms with Crippen LogP contribution in [0.25, 0.3) is 43.7 Å². The summed E-state index contributed by atoms with van der Waals surface area (Å²) in [6.45, 7) is 0.0436. The van der Waals surface area contributed by atoms with Crippen LogP contribution in [0.4, 0.5) is 0 Å². The first-order valence-electron chi connectivity index (χ1n) is 8.55. The number of aliphatic hydroxyl groups excluding tert-OH is 1. The zero-order chi connectivity index (χ0) is 17.8. The number of nitrogens with zero attached hydrogens (tertiary/aromatic N) is 1. The van der Waals surface area contributed by atoms with E-state index in [1.54, 1.807) is 0 Å². The van der Waals surface area contributed by atoms with E-state index in [4.69, 9.17) is 11.6 Å². The number of hydrogen-bond donors (Lipinski definition) is 2. The van der Waals surface area contributed by atoms with Crippen molar-refractivity contribution < 1.29 is 5.11 Å². The molecule has 2 N–H and O–H groups in total. The van der Waals surface area contributed by atoms with Gasteiger partial charge in [0.15, 0.2) is 0 Å². The Morgan fingerprint density at radius 2 is 1.73 bits per heavy atom. The van der Waals surface area contributed by atoms with Gasteiger partial charge in [-0.15, -0.1) is 0 Å². The molecule has 4 heteroatoms. The number of H-pyrrole nitrogens is 1. The Morgan fingerprint density at radius 1 is 0.923 bits per heavy atom. The lowest BCUT2D eigenvalue weighted by Crippen LogP contribution is -1.89. The fourth-order valence-electron chi connectivity index (χ4n) is 3.96. The van der Waals surface area contributed by atoms with Crippen LogP contribution in [0.3, 0.4) is 0 Å². The van der Waals surface area contributed by atoms with Gasteiger partial charge in [-0.2, -0.15) is 0 Å². The number of nitrogens with one attached hydrogen (secondary N) is 1. The van der Waals surface area contributed by atoms with Crippen molar-refractivity contribution in [1.82, 2.24) is 9.55 Å². The summed E-state index contributed by atoms with van der Waals surface area (Å²) in [5.41, 5.74) is 5.33. The van der Waals surface area contributed by atoms with Gasteiger partial charge in [-0.1, -0.05) is 41.9 Å². The average Bonchev–Trinajstić information content (AvgIpc) is 3.25. The second kappa shape index (κ2) is 5.63. The molecule has 2 heterocycles. The summed E-state index contributed by atoms with van der Waals surface area (Å²) >= 11 is 6.49. The molecule has 0 saturated heterocycles. The van der Waals surface area contributed by atoms with Crippen molar-refractivity contribution in [3.8, 4) is 11.1 Å². The fourth-order valence-corrected chi connectivity index (χ4v) is 4.20. The summed E-state index contributed by atoms with van der Waals surface area (Å²) in [6, 6.07) is 16.3. The molecule has 26 heavy (non-hydrogen) atoms. The van der Waals surface area contributed by atoms with Crippen molar-refractivity contribution in [3.05, 3.63) is 71.5 Å². The third-order valence-corrected chi connectivity index (χ3v) is 5.57. The first-order valence-corrected chi connectivity index (χ1v) is 8.93. The third kappa shape index (κ3) is 2.05. The first-order chi connectivity index (χ1) is 12.7. The summed E-state index contributed by atoms with van der Waals surface area (Å²) in [4.78, 5) is 3.26. The third-order valence-electron chi connectivity index (χ3n) is 5.24. The van der Waals surface area contributed by atoms with E-state index in [1.165, 1.54) is 16.2 Å². The Morgan fingerprint density at radius 3 is 2.54 bits per heavy atom. The number of benzene rings is 3. The van der Waals surface area contributed by atoms with Crippen LogP contribution in [0.5, 0.6) is 0 Å². The second-order valence-corrected chi connectivity index (χ2v) is 7.06. The maximum Gasteiger partial charge on any atom is 0.0682 e. The van der Waals surface area contributed by atoms with Crippen LogP contribution in [-0.4, -0.2) is 14.7 Å². The quantitative estimate of drug-likeness (QED) is 0.421. The molecular formula is C22H17ClN2O. The van der Waals surface area contributed by atoms with Crippen LogP contribution >= 0.6 is 11.6 Å². The molecule has 0 bridgehead atoms. The molecule has 0 atom stereocenters. The van der Waals surface area contributed by atoms with E-state index >= 15 is 0 Å². The van der Waals surface area contributed by atoms with Crippen LogP contribution < -0.4 is 0 Å². The lowest BCUT2D eigenvalue weighted by atomic mass is 9.97. The van der Waals surface area contributed by atoms with E-state index in [1.807, 2.05) is 30.5 Å². The van der Waals surface area contributed by atoms with Gasteiger partial charge in [-0.3, -0.25) is 0 Å². The SMILES string of the molecule is Cn1c2cc(CO)ccc2c2c3c[nH]cc3c(-c3ccccc3Cl)cc21. The molecule has 0 fully saturated rings. The second-order valence-electron chi connectivity index (χ2n) is 6.65. The highest BCUT2D eigenvalue weighted by Crippen LogP contribution is 2.41. The number of aromatic nitrogens is 2. The van der Waals surface area contributed by atoms with Gasteiger partial charge in [-0.25, -0.2) is 0 Å². The Labute approximate surface area is 155 Å². The van der Waals surface area contributed by atoms with Gasteiger partial charge in [0.1, 0.15) is 0 Å². The van der Waals surface area contributed by atoms with E-state index in [9.17, 15) is 5.11 Å². The summed E-state index contributed by atoms with van der Waals surface area (Å²) in [5.74, 6) is 0. The van der Waals surface area contributed by atoms with Gasteiger partial charge in [0, 0.05) is 57.1 Å². The van der Waals surface area contributed by atoms with Crippen LogP contribution in [0.15, 0.2) is 60.9 Å². The summed E-state index contributed by atoms with van der Waals surface area (Å²) < 4.78 is 2.19. The van der Waals surface area contributed by atoms with Crippen molar-refractivity contribution >= 4 is 44.2 Å². The number of aryl methyl sites for hydroxylation is 1. The van der Waals surface area contributed by atoms with Gasteiger partial charge >= 0.3 is 0 Å². The smallest absolute Gasteiger partial charge is 0.0682 e. The van der Waals surface area contributed by atoms with Crippen LogP contribution in [0, 0.1) is 0 Å². The zero-order valence-electron chi connectivity index (χ0n) is 14.3. The topological polar surface area (TPSA) is 41.0 Å². The van der Waals surface area contributed by atoms with Crippen LogP contribution in [0.1, 0.15) is 5.56 Å². The highest BCUT2D eigenvalue weighted by molar-refractivity contribution is 6.34. The van der Waals surface area contributed by atoms with E-state index < -0.39 is 0 Å². The summed E-state index contributed by atoms with van der Waals surface area (Å²) in [6.07, 6.45) is 4.09. The molecule has 0 unspecified atom stereocenters. The Kier molecular flexibility index (Phi) is 3.36. The molecular weight excluding hydrogens is 344 g/mol. The van der Waals surface area contributed by atoms with Crippen molar-refractivity contribution in [2.24, 2.45) is 7.05 Å². The molecule has 2 aromatic heterocycles. The van der Waals surface area contributed by atoms with Gasteiger partial charge in [0.2, 0.25) is 0 Å². The first kappa shape index (κ1) is 15.5. The predicted octanol–water partition coefficient (Wildman–Crippen LogP) is 5.63. The lowest BCUT2D eigenvalue weighted by Gasteiger charge is -2.08. The largest absolute Gasteiger partial charge is 0.392 e. The van der Waals surface area contributed by atoms with Crippen LogP contribution in [-0.2, 0) is 13.7 Å². The maximum atomic E-state index is 9.50. The van der Waals surface area contributed by atoms with Crippen molar-refractivity contribution in [1.29, 1.82) is 0 Å². The molecule has 0 spiro atoms. The Balaban J connectivity index is 1.98. The number of aromatic amines is 1. The Bertz CT molecular complexity index is 1300. The molecule has 0 amide bonds. The zero-order valence-corrected chi connectivity index (χ0v) is 15.0. The number of aliphatic hydroxyl groups is 1. The average molecular weight is 361 g/mol. The van der Waals surface area contributed by atoms with Gasteiger partial charge < -0.3 is 14.7 Å². The fraction of sp³-hybridized carbons (Fsp3) is 0.0909. The summed E-state index contributed by atoms with van der Waals surface area (Å²) in [5, 5.41) is 15.0. The minimum Gasteiger partial charge on any atom is -0.392 e. The molecule has 128 valence electrons. The van der Waals surface area contributed by atoms with E-state index in [2.05, 4.69) is 47.1 Å². The van der Waals surface area contributed by atoms with E-state index in [0.29, 0.717) is 0 Å². The number of hydrogen-bond acceptors (Lipinski definition) is 1. The van der Waals surface area contributed by atoms with Crippen molar-refractivity contribution in [3.63, 3.8) is 0 Å². The van der Waals surface area contributed by atoms with Crippen LogP contribution in [0.2, 0.25) is 5.02 Å². The predicted molar refractivity (Wildman–Crippen MR) is 109 cm³/mol. The molecule has 5 aromatic rings. The minimum atomic E-state index is 0.0436. The minimum absolute atomic E-state index is 0.0436. The maximum absolute atomic E-state index is 9.50. The molecule has 3 nitrogen and oxygen atoms in total. The number of halogens is 1. The molecule has 0 radical (unpaired) electrons. The van der Waals surface area contributed by atoms with E-state index in [0.717, 1.165) is 38.1 Å². The molecule has 3 aromatic carbocycles. The monoisotopic (exact) mass is 360 g/mol. The molecule has 0 aliphatic rings. The van der Waals surface area contributed by atoms with Gasteiger partial charge in [-0.05, 0) is 29.3 Å². The molecule has 5 rings (SSSR count).